The normalized spacial score (nSPS) is 24.7. The fraction of sp³-hybridized carbons (Fsp3) is 1.00. The zero-order valence-corrected chi connectivity index (χ0v) is 9.08. The molecule has 0 atom stereocenters. The Kier molecular flexibility index (Phi) is 3.23. The van der Waals surface area contributed by atoms with E-state index in [0.717, 1.165) is 6.54 Å². The molecule has 0 amide bonds. The first-order valence-corrected chi connectivity index (χ1v) is 5.24. The maximum absolute atomic E-state index is 13.1. The second kappa shape index (κ2) is 3.73. The van der Waals surface area contributed by atoms with Crippen molar-refractivity contribution in [3.05, 3.63) is 0 Å². The number of hydrogen-bond acceptors (Lipinski definition) is 2. The molecule has 4 heteroatoms. The predicted molar refractivity (Wildman–Crippen MR) is 53.7 cm³/mol. The largest absolute Gasteiger partial charge is 0.291 e. The molecule has 1 saturated heterocycles. The first-order chi connectivity index (χ1) is 5.87. The molecule has 0 spiro atoms. The summed E-state index contributed by atoms with van der Waals surface area (Å²) in [5.74, 6) is -1.89. The zero-order valence-electron chi connectivity index (χ0n) is 8.19. The van der Waals surface area contributed by atoms with Crippen molar-refractivity contribution in [2.45, 2.75) is 38.2 Å². The number of alkyl halides is 2. The van der Waals surface area contributed by atoms with Gasteiger partial charge in [0.2, 0.25) is 0 Å². The van der Waals surface area contributed by atoms with E-state index in [4.69, 9.17) is 0 Å². The van der Waals surface area contributed by atoms with Gasteiger partial charge in [0.1, 0.15) is 0 Å². The highest BCUT2D eigenvalue weighted by Crippen LogP contribution is 2.30. The van der Waals surface area contributed by atoms with Crippen LogP contribution >= 0.6 is 12.6 Å². The molecule has 0 bridgehead atoms. The summed E-state index contributed by atoms with van der Waals surface area (Å²) >= 11 is 4.18. The molecule has 0 unspecified atom stereocenters. The quantitative estimate of drug-likeness (QED) is 0.684. The molecule has 1 aliphatic rings. The molecule has 1 heterocycles. The molecule has 1 nitrogen and oxygen atoms in total. The summed E-state index contributed by atoms with van der Waals surface area (Å²) in [6, 6.07) is 0. The van der Waals surface area contributed by atoms with Crippen LogP contribution in [0.3, 0.4) is 0 Å². The van der Waals surface area contributed by atoms with E-state index in [1.54, 1.807) is 0 Å². The smallest absolute Gasteiger partial charge is 0.260 e. The van der Waals surface area contributed by atoms with E-state index in [0.29, 0.717) is 12.2 Å². The lowest BCUT2D eigenvalue weighted by Gasteiger charge is -2.42. The Bertz CT molecular complexity index is 182. The summed E-state index contributed by atoms with van der Waals surface area (Å²) in [4.78, 5) is 1.84. The van der Waals surface area contributed by atoms with Gasteiger partial charge in [0, 0.05) is 17.7 Å². The van der Waals surface area contributed by atoms with E-state index in [2.05, 4.69) is 12.6 Å². The first-order valence-electron chi connectivity index (χ1n) is 4.61. The van der Waals surface area contributed by atoms with Crippen LogP contribution in [0.2, 0.25) is 0 Å². The Labute approximate surface area is 83.9 Å². The van der Waals surface area contributed by atoms with E-state index in [1.165, 1.54) is 0 Å². The Morgan fingerprint density at radius 1 is 1.46 bits per heavy atom. The van der Waals surface area contributed by atoms with E-state index >= 15 is 0 Å². The van der Waals surface area contributed by atoms with Crippen molar-refractivity contribution >= 4 is 12.6 Å². The minimum atomic E-state index is -2.50. The molecule has 1 aliphatic heterocycles. The summed E-state index contributed by atoms with van der Waals surface area (Å²) in [5.41, 5.74) is -0.215. The first kappa shape index (κ1) is 11.2. The maximum atomic E-state index is 13.1. The number of halogens is 2. The number of likely N-dealkylation sites (tertiary alicyclic amines) is 1. The van der Waals surface area contributed by atoms with E-state index in [-0.39, 0.29) is 18.5 Å². The lowest BCUT2D eigenvalue weighted by molar-refractivity contribution is -0.0853. The average Bonchev–Trinajstić information content (AvgIpc) is 2.03. The van der Waals surface area contributed by atoms with Crippen molar-refractivity contribution < 1.29 is 8.78 Å². The zero-order chi connectivity index (χ0) is 10.1. The van der Waals surface area contributed by atoms with Crippen LogP contribution in [0.15, 0.2) is 0 Å². The van der Waals surface area contributed by atoms with Gasteiger partial charge in [0.15, 0.2) is 0 Å². The van der Waals surface area contributed by atoms with Crippen LogP contribution in [-0.2, 0) is 0 Å². The third-order valence-electron chi connectivity index (χ3n) is 2.64. The number of hydrogen-bond donors (Lipinski definition) is 1. The highest BCUT2D eigenvalue weighted by atomic mass is 32.1. The molecular weight excluding hydrogens is 192 g/mol. The van der Waals surface area contributed by atoms with Gasteiger partial charge >= 0.3 is 0 Å². The van der Waals surface area contributed by atoms with Crippen LogP contribution in [0.4, 0.5) is 8.78 Å². The summed E-state index contributed by atoms with van der Waals surface area (Å²) < 4.78 is 26.1. The summed E-state index contributed by atoms with van der Waals surface area (Å²) in [5, 5.41) is 0. The fourth-order valence-corrected chi connectivity index (χ4v) is 1.78. The number of piperidine rings is 1. The molecule has 78 valence electrons. The van der Waals surface area contributed by atoms with Gasteiger partial charge in [-0.2, -0.15) is 12.6 Å². The third kappa shape index (κ3) is 2.81. The van der Waals surface area contributed by atoms with Crippen LogP contribution < -0.4 is 0 Å². The molecule has 1 rings (SSSR count). The number of nitrogens with zero attached hydrogens (tertiary/aromatic N) is 1. The van der Waals surface area contributed by atoms with Crippen molar-refractivity contribution in [2.75, 3.05) is 18.8 Å². The standard InChI is InChI=1S/C9H17F2NS/c1-8(2,7-13)12-5-3-4-9(10,11)6-12/h13H,3-7H2,1-2H3. The Balaban J connectivity index is 2.61. The van der Waals surface area contributed by atoms with Crippen LogP contribution in [0, 0.1) is 0 Å². The summed E-state index contributed by atoms with van der Waals surface area (Å²) in [6.07, 6.45) is 0.621. The highest BCUT2D eigenvalue weighted by molar-refractivity contribution is 7.80. The average molecular weight is 209 g/mol. The van der Waals surface area contributed by atoms with Gasteiger partial charge in [0.25, 0.3) is 5.92 Å². The molecule has 0 N–H and O–H groups in total. The van der Waals surface area contributed by atoms with Gasteiger partial charge in [-0.05, 0) is 26.8 Å². The van der Waals surface area contributed by atoms with E-state index in [9.17, 15) is 8.78 Å². The van der Waals surface area contributed by atoms with Gasteiger partial charge in [0.05, 0.1) is 6.54 Å². The molecule has 1 fully saturated rings. The third-order valence-corrected chi connectivity index (χ3v) is 3.41. The molecule has 0 saturated carbocycles. The molecule has 0 radical (unpaired) electrons. The molecule has 0 aliphatic carbocycles. The Morgan fingerprint density at radius 3 is 2.54 bits per heavy atom. The van der Waals surface area contributed by atoms with Gasteiger partial charge in [-0.3, -0.25) is 4.90 Å². The second-order valence-electron chi connectivity index (χ2n) is 4.35. The predicted octanol–water partition coefficient (Wildman–Crippen LogP) is 2.43. The Morgan fingerprint density at radius 2 is 2.08 bits per heavy atom. The van der Waals surface area contributed by atoms with Crippen molar-refractivity contribution in [3.8, 4) is 0 Å². The summed E-state index contributed by atoms with van der Waals surface area (Å²) in [7, 11) is 0. The van der Waals surface area contributed by atoms with Crippen molar-refractivity contribution in [1.29, 1.82) is 0 Å². The lowest BCUT2D eigenvalue weighted by Crippen LogP contribution is -2.53. The van der Waals surface area contributed by atoms with Crippen molar-refractivity contribution in [1.82, 2.24) is 4.90 Å². The summed E-state index contributed by atoms with van der Waals surface area (Å²) in [6.45, 7) is 4.58. The van der Waals surface area contributed by atoms with Gasteiger partial charge in [-0.25, -0.2) is 8.78 Å². The van der Waals surface area contributed by atoms with Crippen molar-refractivity contribution in [2.24, 2.45) is 0 Å². The maximum Gasteiger partial charge on any atom is 0.260 e. The number of thiol groups is 1. The van der Waals surface area contributed by atoms with Crippen molar-refractivity contribution in [3.63, 3.8) is 0 Å². The lowest BCUT2D eigenvalue weighted by atomic mass is 9.99. The molecule has 0 aromatic carbocycles. The minimum Gasteiger partial charge on any atom is -0.291 e. The molecule has 13 heavy (non-hydrogen) atoms. The van der Waals surface area contributed by atoms with Gasteiger partial charge < -0.3 is 0 Å². The topological polar surface area (TPSA) is 3.24 Å². The number of rotatable bonds is 2. The van der Waals surface area contributed by atoms with Crippen LogP contribution in [0.25, 0.3) is 0 Å². The van der Waals surface area contributed by atoms with Gasteiger partial charge in [-0.15, -0.1) is 0 Å². The molecule has 0 aromatic rings. The van der Waals surface area contributed by atoms with Crippen LogP contribution in [0.5, 0.6) is 0 Å². The monoisotopic (exact) mass is 209 g/mol. The van der Waals surface area contributed by atoms with E-state index < -0.39 is 5.92 Å². The minimum absolute atomic E-state index is 0.0339. The molecular formula is C9H17F2NS. The second-order valence-corrected chi connectivity index (χ2v) is 4.67. The van der Waals surface area contributed by atoms with E-state index in [1.807, 2.05) is 18.7 Å². The highest BCUT2D eigenvalue weighted by Gasteiger charge is 2.39. The molecule has 0 aromatic heterocycles. The van der Waals surface area contributed by atoms with Crippen LogP contribution in [-0.4, -0.2) is 35.2 Å². The fourth-order valence-electron chi connectivity index (χ4n) is 1.58. The SMILES string of the molecule is CC(C)(CS)N1CCCC(F)(F)C1. The van der Waals surface area contributed by atoms with Crippen LogP contribution in [0.1, 0.15) is 26.7 Å². The Hall–Kier alpha value is 0.170. The van der Waals surface area contributed by atoms with Gasteiger partial charge in [-0.1, -0.05) is 0 Å².